The molecule has 0 aromatic carbocycles. The molecule has 38 heavy (non-hydrogen) atoms. The van der Waals surface area contributed by atoms with Gasteiger partial charge in [0.15, 0.2) is 0 Å². The van der Waals surface area contributed by atoms with Crippen LogP contribution in [-0.4, -0.2) is 4.57 Å². The molecule has 0 N–H and O–H groups in total. The Morgan fingerprint density at radius 1 is 0.447 bits per heavy atom. The summed E-state index contributed by atoms with van der Waals surface area (Å²) < 4.78 is 5.17. The topological polar surface area (TPSA) is 8.81 Å². The van der Waals surface area contributed by atoms with Crippen molar-refractivity contribution in [1.82, 2.24) is 4.57 Å². The Labute approximate surface area is 240 Å². The summed E-state index contributed by atoms with van der Waals surface area (Å²) in [5, 5.41) is 0. The highest BCUT2D eigenvalue weighted by Gasteiger charge is 2.16. The van der Waals surface area contributed by atoms with Crippen LogP contribution >= 0.6 is 0 Å². The van der Waals surface area contributed by atoms with Crippen LogP contribution < -0.4 is 4.57 Å². The van der Waals surface area contributed by atoms with E-state index in [1.165, 1.54) is 193 Å². The van der Waals surface area contributed by atoms with Gasteiger partial charge in [-0.25, -0.2) is 9.13 Å². The van der Waals surface area contributed by atoms with Crippen molar-refractivity contribution >= 4 is 0 Å². The van der Waals surface area contributed by atoms with Crippen LogP contribution in [0.3, 0.4) is 0 Å². The van der Waals surface area contributed by atoms with Gasteiger partial charge in [-0.15, -0.1) is 0 Å². The minimum absolute atomic E-state index is 1.20. The number of rotatable bonds is 30. The number of hydrogen-bond donors (Lipinski definition) is 0. The first-order chi connectivity index (χ1) is 18.8. The molecule has 224 valence electrons. The van der Waals surface area contributed by atoms with E-state index in [2.05, 4.69) is 42.3 Å². The van der Waals surface area contributed by atoms with E-state index in [0.717, 1.165) is 0 Å². The molecule has 0 bridgehead atoms. The molecule has 0 aliphatic carbocycles. The highest BCUT2D eigenvalue weighted by atomic mass is 15.1. The maximum Gasteiger partial charge on any atom is 0.256 e. The Morgan fingerprint density at radius 3 is 1.24 bits per heavy atom. The molecule has 0 spiro atoms. The fourth-order valence-corrected chi connectivity index (χ4v) is 5.94. The minimum Gasteiger partial charge on any atom is -0.234 e. The van der Waals surface area contributed by atoms with E-state index < -0.39 is 0 Å². The van der Waals surface area contributed by atoms with Gasteiger partial charge < -0.3 is 0 Å². The van der Waals surface area contributed by atoms with Gasteiger partial charge in [-0.05, 0) is 25.7 Å². The van der Waals surface area contributed by atoms with E-state index >= 15 is 0 Å². The molecular weight excluding hydrogens is 460 g/mol. The summed E-state index contributed by atoms with van der Waals surface area (Å²) in [6.07, 6.45) is 44.5. The molecule has 2 nitrogen and oxygen atoms in total. The normalized spacial score (nSPS) is 11.6. The standard InChI is InChI=1S/C36H71N2/c1-4-7-10-12-14-16-17-18-19-20-21-22-24-26-28-30-33-38-35-34-37(32-9-6-3)36(38)31-29-27-25-23-15-13-11-8-5-2/h34-35H,4-33H2,1-3H3/q+1. The highest BCUT2D eigenvalue weighted by Crippen LogP contribution is 2.15. The lowest BCUT2D eigenvalue weighted by Crippen LogP contribution is -2.37. The summed E-state index contributed by atoms with van der Waals surface area (Å²) in [6.45, 7) is 9.36. The molecule has 1 aromatic rings. The molecule has 0 saturated carbocycles. The molecule has 0 aliphatic rings. The lowest BCUT2D eigenvalue weighted by Gasteiger charge is -2.06. The Kier molecular flexibility index (Phi) is 25.7. The zero-order valence-electron chi connectivity index (χ0n) is 26.8. The quantitative estimate of drug-likeness (QED) is 0.0689. The van der Waals surface area contributed by atoms with Gasteiger partial charge in [-0.2, -0.15) is 0 Å². The molecule has 1 aromatic heterocycles. The van der Waals surface area contributed by atoms with Gasteiger partial charge >= 0.3 is 0 Å². The first-order valence-corrected chi connectivity index (χ1v) is 17.9. The van der Waals surface area contributed by atoms with Gasteiger partial charge in [0.2, 0.25) is 0 Å². The molecule has 0 unspecified atom stereocenters. The van der Waals surface area contributed by atoms with Crippen LogP contribution in [0.1, 0.15) is 200 Å². The second-order valence-corrected chi connectivity index (χ2v) is 12.3. The molecule has 0 radical (unpaired) electrons. The highest BCUT2D eigenvalue weighted by molar-refractivity contribution is 4.84. The van der Waals surface area contributed by atoms with Crippen LogP contribution in [-0.2, 0) is 19.5 Å². The van der Waals surface area contributed by atoms with Crippen molar-refractivity contribution in [2.45, 2.75) is 214 Å². The Hall–Kier alpha value is -0.790. The van der Waals surface area contributed by atoms with E-state index in [9.17, 15) is 0 Å². The zero-order chi connectivity index (χ0) is 27.4. The maximum absolute atomic E-state index is 2.60. The number of hydrogen-bond acceptors (Lipinski definition) is 0. The smallest absolute Gasteiger partial charge is 0.234 e. The zero-order valence-corrected chi connectivity index (χ0v) is 26.8. The van der Waals surface area contributed by atoms with Crippen LogP contribution in [0.15, 0.2) is 12.4 Å². The van der Waals surface area contributed by atoms with E-state index in [0.29, 0.717) is 0 Å². The van der Waals surface area contributed by atoms with Crippen molar-refractivity contribution in [3.8, 4) is 0 Å². The number of unbranched alkanes of at least 4 members (excludes halogenated alkanes) is 24. The van der Waals surface area contributed by atoms with Gasteiger partial charge in [0.25, 0.3) is 5.82 Å². The van der Waals surface area contributed by atoms with Crippen molar-refractivity contribution in [1.29, 1.82) is 0 Å². The predicted molar refractivity (Wildman–Crippen MR) is 170 cm³/mol. The first kappa shape index (κ1) is 35.2. The van der Waals surface area contributed by atoms with Crippen molar-refractivity contribution in [2.75, 3.05) is 0 Å². The second-order valence-electron chi connectivity index (χ2n) is 12.3. The monoisotopic (exact) mass is 532 g/mol. The predicted octanol–water partition coefficient (Wildman–Crippen LogP) is 11.9. The molecule has 0 atom stereocenters. The third-order valence-electron chi connectivity index (χ3n) is 8.60. The minimum atomic E-state index is 1.20. The van der Waals surface area contributed by atoms with Crippen molar-refractivity contribution in [3.63, 3.8) is 0 Å². The fourth-order valence-electron chi connectivity index (χ4n) is 5.94. The van der Waals surface area contributed by atoms with Crippen molar-refractivity contribution in [3.05, 3.63) is 18.2 Å². The molecular formula is C36H71N2+. The van der Waals surface area contributed by atoms with Crippen LogP contribution in [0.4, 0.5) is 0 Å². The third kappa shape index (κ3) is 20.2. The molecule has 1 rings (SSSR count). The Bertz CT molecular complexity index is 590. The number of aromatic nitrogens is 2. The summed E-state index contributed by atoms with van der Waals surface area (Å²) in [5.41, 5.74) is 0. The van der Waals surface area contributed by atoms with Crippen LogP contribution in [0.25, 0.3) is 0 Å². The lowest BCUT2D eigenvalue weighted by atomic mass is 10.0. The van der Waals surface area contributed by atoms with Crippen LogP contribution in [0, 0.1) is 0 Å². The van der Waals surface area contributed by atoms with Crippen LogP contribution in [0.5, 0.6) is 0 Å². The van der Waals surface area contributed by atoms with Crippen molar-refractivity contribution < 1.29 is 4.57 Å². The Morgan fingerprint density at radius 2 is 0.816 bits per heavy atom. The number of nitrogens with zero attached hydrogens (tertiary/aromatic N) is 2. The van der Waals surface area contributed by atoms with Crippen LogP contribution in [0.2, 0.25) is 0 Å². The molecule has 2 heteroatoms. The Balaban J connectivity index is 2.09. The fraction of sp³-hybridized carbons (Fsp3) is 0.917. The number of aryl methyl sites for hydroxylation is 2. The summed E-state index contributed by atoms with van der Waals surface area (Å²) in [4.78, 5) is 0. The molecule has 0 amide bonds. The average Bonchev–Trinajstić information content (AvgIpc) is 3.31. The van der Waals surface area contributed by atoms with E-state index in [1.807, 2.05) is 0 Å². The van der Waals surface area contributed by atoms with E-state index in [4.69, 9.17) is 0 Å². The molecule has 0 fully saturated rings. The van der Waals surface area contributed by atoms with Gasteiger partial charge in [0.1, 0.15) is 12.4 Å². The summed E-state index contributed by atoms with van der Waals surface area (Å²) in [7, 11) is 0. The second kappa shape index (κ2) is 27.8. The van der Waals surface area contributed by atoms with Crippen molar-refractivity contribution in [2.24, 2.45) is 0 Å². The van der Waals surface area contributed by atoms with E-state index in [-0.39, 0.29) is 0 Å². The van der Waals surface area contributed by atoms with Gasteiger partial charge in [-0.3, -0.25) is 0 Å². The van der Waals surface area contributed by atoms with Gasteiger partial charge in [0, 0.05) is 6.42 Å². The van der Waals surface area contributed by atoms with Gasteiger partial charge in [-0.1, -0.05) is 168 Å². The summed E-state index contributed by atoms with van der Waals surface area (Å²) in [6, 6.07) is 0. The molecule has 1 heterocycles. The van der Waals surface area contributed by atoms with E-state index in [1.54, 1.807) is 5.82 Å². The SMILES string of the molecule is CCCCCCCCCCCCCCCCCC[n+]1ccn(CCCC)c1CCCCCCCCCCC. The number of imidazole rings is 1. The van der Waals surface area contributed by atoms with Gasteiger partial charge in [0.05, 0.1) is 13.1 Å². The third-order valence-corrected chi connectivity index (χ3v) is 8.60. The summed E-state index contributed by atoms with van der Waals surface area (Å²) in [5.74, 6) is 1.60. The molecule has 0 saturated heterocycles. The maximum atomic E-state index is 2.60. The first-order valence-electron chi connectivity index (χ1n) is 17.9. The average molecular weight is 532 g/mol. The summed E-state index contributed by atoms with van der Waals surface area (Å²) >= 11 is 0. The molecule has 0 aliphatic heterocycles. The largest absolute Gasteiger partial charge is 0.256 e. The lowest BCUT2D eigenvalue weighted by molar-refractivity contribution is -0.704.